The number of carboxylic acid groups (broad SMARTS) is 1. The van der Waals surface area contributed by atoms with E-state index in [4.69, 9.17) is 16.6 Å². The summed E-state index contributed by atoms with van der Waals surface area (Å²) in [6.45, 7) is -0.510. The number of thiol groups is 1. The second kappa shape index (κ2) is 12.6. The third-order valence-corrected chi connectivity index (χ3v) is 5.37. The van der Waals surface area contributed by atoms with Crippen molar-refractivity contribution in [3.05, 3.63) is 36.0 Å². The zero-order valence-electron chi connectivity index (χ0n) is 18.2. The average molecular weight is 493 g/mol. The Hall–Kier alpha value is -3.58. The molecule has 12 nitrogen and oxygen atoms in total. The smallest absolute Gasteiger partial charge is 0.327 e. The molecule has 9 N–H and O–H groups in total. The van der Waals surface area contributed by atoms with Gasteiger partial charge in [-0.3, -0.25) is 19.2 Å². The van der Waals surface area contributed by atoms with Crippen LogP contribution in [0, 0.1) is 0 Å². The number of primary amides is 1. The molecule has 34 heavy (non-hydrogen) atoms. The number of hydrogen-bond acceptors (Lipinski definition) is 7. The Labute approximate surface area is 200 Å². The number of aliphatic carboxylic acids is 1. The number of benzene rings is 1. The number of H-pyrrole nitrogens is 1. The number of nitrogens with two attached hydrogens (primary N) is 2. The van der Waals surface area contributed by atoms with E-state index >= 15 is 0 Å². The maximum Gasteiger partial charge on any atom is 0.327 e. The Morgan fingerprint density at radius 3 is 2.41 bits per heavy atom. The molecular formula is C21H28N6O6S. The van der Waals surface area contributed by atoms with E-state index in [2.05, 4.69) is 33.6 Å². The summed E-state index contributed by atoms with van der Waals surface area (Å²) in [6, 6.07) is 4.01. The van der Waals surface area contributed by atoms with E-state index in [1.54, 1.807) is 6.20 Å². The third kappa shape index (κ3) is 7.78. The van der Waals surface area contributed by atoms with Gasteiger partial charge in [0.25, 0.3) is 0 Å². The molecule has 0 aliphatic heterocycles. The number of fused-ring (bicyclic) bond motifs is 1. The first-order valence-corrected chi connectivity index (χ1v) is 11.1. The van der Waals surface area contributed by atoms with E-state index < -0.39 is 54.3 Å². The van der Waals surface area contributed by atoms with Crippen molar-refractivity contribution in [2.24, 2.45) is 11.5 Å². The van der Waals surface area contributed by atoms with Crippen LogP contribution in [-0.4, -0.2) is 70.1 Å². The van der Waals surface area contributed by atoms with Crippen molar-refractivity contribution in [1.29, 1.82) is 0 Å². The van der Waals surface area contributed by atoms with Crippen molar-refractivity contribution in [2.45, 2.75) is 37.4 Å². The van der Waals surface area contributed by atoms with Gasteiger partial charge in [-0.25, -0.2) is 4.79 Å². The summed E-state index contributed by atoms with van der Waals surface area (Å²) < 4.78 is 0. The molecule has 0 saturated heterocycles. The molecular weight excluding hydrogens is 464 g/mol. The molecule has 1 heterocycles. The van der Waals surface area contributed by atoms with E-state index in [-0.39, 0.29) is 25.0 Å². The van der Waals surface area contributed by atoms with Crippen molar-refractivity contribution < 1.29 is 29.1 Å². The molecule has 1 aromatic carbocycles. The molecule has 0 spiro atoms. The van der Waals surface area contributed by atoms with Gasteiger partial charge in [0.05, 0.1) is 12.6 Å². The van der Waals surface area contributed by atoms with E-state index in [1.165, 1.54) is 0 Å². The third-order valence-electron chi connectivity index (χ3n) is 5.01. The monoisotopic (exact) mass is 492 g/mol. The average Bonchev–Trinajstić information content (AvgIpc) is 3.21. The SMILES string of the molecule is NC(=O)CCC(N)C(=O)NC(Cc1c[nH]c2ccccc12)C(=O)NCC(=O)NC(CS)C(=O)O. The fourth-order valence-corrected chi connectivity index (χ4v) is 3.41. The van der Waals surface area contributed by atoms with Gasteiger partial charge in [0.1, 0.15) is 12.1 Å². The largest absolute Gasteiger partial charge is 0.480 e. The lowest BCUT2D eigenvalue weighted by atomic mass is 10.0. The van der Waals surface area contributed by atoms with Crippen LogP contribution in [-0.2, 0) is 30.4 Å². The van der Waals surface area contributed by atoms with Crippen LogP contribution in [0.3, 0.4) is 0 Å². The Kier molecular flexibility index (Phi) is 9.89. The molecule has 2 rings (SSSR count). The Balaban J connectivity index is 2.11. The predicted molar refractivity (Wildman–Crippen MR) is 127 cm³/mol. The highest BCUT2D eigenvalue weighted by atomic mass is 32.1. The van der Waals surface area contributed by atoms with E-state index in [0.29, 0.717) is 0 Å². The number of para-hydroxylation sites is 1. The number of carbonyl (C=O) groups is 5. The summed E-state index contributed by atoms with van der Waals surface area (Å²) in [5.41, 5.74) is 12.5. The summed E-state index contributed by atoms with van der Waals surface area (Å²) >= 11 is 3.86. The van der Waals surface area contributed by atoms with Crippen LogP contribution in [0.15, 0.2) is 30.5 Å². The minimum absolute atomic E-state index is 0.00526. The van der Waals surface area contributed by atoms with Crippen LogP contribution in [0.25, 0.3) is 10.9 Å². The first-order valence-electron chi connectivity index (χ1n) is 10.4. The standard InChI is InChI=1S/C21H28N6O6S/c22-13(5-6-17(23)28)19(30)27-15(7-11-8-24-14-4-2-1-3-12(11)14)20(31)25-9-18(29)26-16(10-34)21(32)33/h1-4,8,13,15-16,24,34H,5-7,9-10,22H2,(H2,23,28)(H,25,31)(H,26,29)(H,27,30)(H,32,33). The molecule has 0 radical (unpaired) electrons. The second-order valence-corrected chi connectivity index (χ2v) is 7.96. The maximum absolute atomic E-state index is 12.9. The van der Waals surface area contributed by atoms with Gasteiger partial charge in [0, 0.05) is 35.7 Å². The first-order chi connectivity index (χ1) is 16.1. The minimum Gasteiger partial charge on any atom is -0.480 e. The molecule has 3 atom stereocenters. The van der Waals surface area contributed by atoms with Crippen molar-refractivity contribution in [3.63, 3.8) is 0 Å². The van der Waals surface area contributed by atoms with Gasteiger partial charge in [-0.05, 0) is 18.1 Å². The number of aromatic amines is 1. The number of amides is 4. The number of carboxylic acids is 1. The van der Waals surface area contributed by atoms with E-state index in [1.807, 2.05) is 24.3 Å². The molecule has 2 aromatic rings. The van der Waals surface area contributed by atoms with Crippen LogP contribution < -0.4 is 27.4 Å². The van der Waals surface area contributed by atoms with Gasteiger partial charge < -0.3 is 37.5 Å². The number of carbonyl (C=O) groups excluding carboxylic acids is 4. The highest BCUT2D eigenvalue weighted by Crippen LogP contribution is 2.19. The molecule has 0 aliphatic carbocycles. The van der Waals surface area contributed by atoms with Crippen LogP contribution >= 0.6 is 12.6 Å². The van der Waals surface area contributed by atoms with Gasteiger partial charge >= 0.3 is 5.97 Å². The second-order valence-electron chi connectivity index (χ2n) is 7.59. The van der Waals surface area contributed by atoms with E-state index in [0.717, 1.165) is 16.5 Å². The molecule has 13 heteroatoms. The van der Waals surface area contributed by atoms with Crippen molar-refractivity contribution in [2.75, 3.05) is 12.3 Å². The molecule has 4 amide bonds. The lowest BCUT2D eigenvalue weighted by molar-refractivity contribution is -0.141. The zero-order valence-corrected chi connectivity index (χ0v) is 19.1. The molecule has 0 bridgehead atoms. The molecule has 3 unspecified atom stereocenters. The van der Waals surface area contributed by atoms with Gasteiger partial charge in [0.2, 0.25) is 23.6 Å². The van der Waals surface area contributed by atoms with Gasteiger partial charge in [-0.1, -0.05) is 18.2 Å². The van der Waals surface area contributed by atoms with Crippen LogP contribution in [0.2, 0.25) is 0 Å². The van der Waals surface area contributed by atoms with Gasteiger partial charge in [0.15, 0.2) is 0 Å². The van der Waals surface area contributed by atoms with E-state index in [9.17, 15) is 24.0 Å². The maximum atomic E-state index is 12.9. The molecule has 1 aromatic heterocycles. The first kappa shape index (κ1) is 26.7. The van der Waals surface area contributed by atoms with Crippen LogP contribution in [0.4, 0.5) is 0 Å². The topological polar surface area (TPSA) is 209 Å². The molecule has 0 saturated carbocycles. The fraction of sp³-hybridized carbons (Fsp3) is 0.381. The summed E-state index contributed by atoms with van der Waals surface area (Å²) in [7, 11) is 0. The Morgan fingerprint density at radius 2 is 1.76 bits per heavy atom. The Morgan fingerprint density at radius 1 is 1.06 bits per heavy atom. The zero-order chi connectivity index (χ0) is 25.3. The minimum atomic E-state index is -1.26. The van der Waals surface area contributed by atoms with Crippen molar-refractivity contribution in [1.82, 2.24) is 20.9 Å². The van der Waals surface area contributed by atoms with Crippen molar-refractivity contribution >= 4 is 53.1 Å². The summed E-state index contributed by atoms with van der Waals surface area (Å²) in [4.78, 5) is 62.5. The van der Waals surface area contributed by atoms with Crippen LogP contribution in [0.5, 0.6) is 0 Å². The summed E-state index contributed by atoms with van der Waals surface area (Å²) in [6.07, 6.45) is 1.70. The fourth-order valence-electron chi connectivity index (χ4n) is 3.16. The lowest BCUT2D eigenvalue weighted by Gasteiger charge is -2.21. The molecule has 0 fully saturated rings. The Bertz CT molecular complexity index is 1060. The number of nitrogens with one attached hydrogen (secondary N) is 4. The molecule has 184 valence electrons. The van der Waals surface area contributed by atoms with Crippen LogP contribution in [0.1, 0.15) is 18.4 Å². The number of aromatic nitrogens is 1. The highest BCUT2D eigenvalue weighted by molar-refractivity contribution is 7.80. The highest BCUT2D eigenvalue weighted by Gasteiger charge is 2.26. The summed E-state index contributed by atoms with van der Waals surface area (Å²) in [5.74, 6) is -4.06. The normalized spacial score (nSPS) is 13.5. The lowest BCUT2D eigenvalue weighted by Crippen LogP contribution is -2.54. The summed E-state index contributed by atoms with van der Waals surface area (Å²) in [5, 5.41) is 17.0. The number of rotatable bonds is 13. The molecule has 0 aliphatic rings. The number of hydrogen-bond donors (Lipinski definition) is 8. The predicted octanol–water partition coefficient (Wildman–Crippen LogP) is -1.60. The van der Waals surface area contributed by atoms with Gasteiger partial charge in [-0.15, -0.1) is 0 Å². The van der Waals surface area contributed by atoms with Crippen molar-refractivity contribution in [3.8, 4) is 0 Å². The van der Waals surface area contributed by atoms with Gasteiger partial charge in [-0.2, -0.15) is 12.6 Å². The quantitative estimate of drug-likeness (QED) is 0.153.